The van der Waals surface area contributed by atoms with E-state index < -0.39 is 17.2 Å². The fraction of sp³-hybridized carbons (Fsp3) is 0.346. The Balaban J connectivity index is 1.70. The molecule has 11 heteroatoms. The summed E-state index contributed by atoms with van der Waals surface area (Å²) in [4.78, 5) is 30.6. The van der Waals surface area contributed by atoms with Gasteiger partial charge < -0.3 is 9.84 Å². The Morgan fingerprint density at radius 1 is 1.22 bits per heavy atom. The van der Waals surface area contributed by atoms with Crippen molar-refractivity contribution in [3.63, 3.8) is 0 Å². The number of halogens is 3. The number of pyridine rings is 2. The molecule has 0 unspecified atom stereocenters. The van der Waals surface area contributed by atoms with Gasteiger partial charge in [-0.05, 0) is 55.3 Å². The number of aliphatic imine (C=N–C) groups is 1. The predicted octanol–water partition coefficient (Wildman–Crippen LogP) is 4.48. The van der Waals surface area contributed by atoms with Crippen LogP contribution in [0.2, 0.25) is 0 Å². The van der Waals surface area contributed by atoms with Crippen LogP contribution in [0.25, 0.3) is 5.70 Å². The third kappa shape index (κ3) is 5.52. The van der Waals surface area contributed by atoms with Gasteiger partial charge in [0.1, 0.15) is 33.9 Å². The van der Waals surface area contributed by atoms with Gasteiger partial charge in [-0.3, -0.25) is 19.3 Å². The average Bonchev–Trinajstić information content (AvgIpc) is 2.82. The van der Waals surface area contributed by atoms with Crippen molar-refractivity contribution < 1.29 is 18.6 Å². The highest BCUT2D eigenvalue weighted by molar-refractivity contribution is 9.10. The fourth-order valence-electron chi connectivity index (χ4n) is 3.88. The van der Waals surface area contributed by atoms with E-state index in [4.69, 9.17) is 4.74 Å². The number of aromatic nitrogens is 4. The van der Waals surface area contributed by atoms with Crippen molar-refractivity contribution in [3.8, 4) is 5.75 Å². The summed E-state index contributed by atoms with van der Waals surface area (Å²) >= 11 is 3.32. The van der Waals surface area contributed by atoms with Crippen LogP contribution in [0.15, 0.2) is 44.9 Å². The lowest BCUT2D eigenvalue weighted by Gasteiger charge is -2.25. The van der Waals surface area contributed by atoms with Gasteiger partial charge in [0.2, 0.25) is 0 Å². The Kier molecular flexibility index (Phi) is 7.38. The van der Waals surface area contributed by atoms with E-state index in [1.807, 2.05) is 19.9 Å². The van der Waals surface area contributed by atoms with Gasteiger partial charge in [-0.1, -0.05) is 6.92 Å². The monoisotopic (exact) mass is 573 g/mol. The Morgan fingerprint density at radius 2 is 1.95 bits per heavy atom. The summed E-state index contributed by atoms with van der Waals surface area (Å²) in [6, 6.07) is 2.39. The second-order valence-corrected chi connectivity index (χ2v) is 10.2. The maximum Gasteiger partial charge on any atom is 0.273 e. The van der Waals surface area contributed by atoms with Crippen molar-refractivity contribution in [2.75, 3.05) is 6.54 Å². The van der Waals surface area contributed by atoms with Crippen LogP contribution in [-0.2, 0) is 12.2 Å². The van der Waals surface area contributed by atoms with Gasteiger partial charge >= 0.3 is 0 Å². The molecule has 0 radical (unpaired) electrons. The molecule has 3 aromatic rings. The van der Waals surface area contributed by atoms with E-state index in [0.717, 1.165) is 17.8 Å². The average molecular weight is 574 g/mol. The molecule has 1 aliphatic rings. The highest BCUT2D eigenvalue weighted by Crippen LogP contribution is 2.29. The second-order valence-electron chi connectivity index (χ2n) is 9.46. The number of allylic oxidation sites excluding steroid dienone is 1. The molecule has 0 saturated carbocycles. The Labute approximate surface area is 220 Å². The molecule has 8 nitrogen and oxygen atoms in total. The third-order valence-corrected chi connectivity index (χ3v) is 6.62. The fourth-order valence-corrected chi connectivity index (χ4v) is 4.29. The normalized spacial score (nSPS) is 15.9. The third-order valence-electron chi connectivity index (χ3n) is 5.89. The predicted molar refractivity (Wildman–Crippen MR) is 138 cm³/mol. The summed E-state index contributed by atoms with van der Waals surface area (Å²) in [5, 5.41) is 10.4. The van der Waals surface area contributed by atoms with Gasteiger partial charge in [-0.2, -0.15) is 0 Å². The molecule has 0 aliphatic carbocycles. The van der Waals surface area contributed by atoms with Crippen LogP contribution in [0, 0.1) is 31.4 Å². The number of aliphatic hydroxyl groups is 1. The lowest BCUT2D eigenvalue weighted by Crippen LogP contribution is -2.29. The first-order chi connectivity index (χ1) is 17.4. The highest BCUT2D eigenvalue weighted by Gasteiger charge is 2.26. The number of hydrogen-bond acceptors (Lipinski definition) is 7. The molecule has 0 aromatic carbocycles. The van der Waals surface area contributed by atoms with Crippen molar-refractivity contribution in [2.24, 2.45) is 10.9 Å². The van der Waals surface area contributed by atoms with Crippen molar-refractivity contribution in [2.45, 2.75) is 46.8 Å². The van der Waals surface area contributed by atoms with E-state index >= 15 is 0 Å². The molecular formula is C26H26BrF2N5O3. The van der Waals surface area contributed by atoms with E-state index in [2.05, 4.69) is 35.9 Å². The standard InChI is InChI=1S/C26H26BrF2N5O3/c1-13-9-30-18(23-14(2)10-32-25(33-23)26(4,5)36)8-20(13)34-15(3)6-21(22(27)24(34)35)37-12-19-17(29)7-16(28)11-31-19/h6-8,10-11,13,36H,9,12H2,1-5H3/t13-/m1/s1. The first-order valence-electron chi connectivity index (χ1n) is 11.5. The lowest BCUT2D eigenvalue weighted by molar-refractivity contribution is 0.0686. The second kappa shape index (κ2) is 10.2. The first-order valence-corrected chi connectivity index (χ1v) is 12.3. The molecule has 3 aromatic heterocycles. The van der Waals surface area contributed by atoms with Crippen LogP contribution < -0.4 is 10.3 Å². The summed E-state index contributed by atoms with van der Waals surface area (Å²) in [5.74, 6) is -1.21. The zero-order valence-electron chi connectivity index (χ0n) is 21.0. The van der Waals surface area contributed by atoms with Crippen LogP contribution in [0.1, 0.15) is 49.2 Å². The van der Waals surface area contributed by atoms with Gasteiger partial charge in [0.15, 0.2) is 11.6 Å². The maximum absolute atomic E-state index is 14.0. The molecule has 0 bridgehead atoms. The first kappa shape index (κ1) is 26.7. The van der Waals surface area contributed by atoms with E-state index in [1.165, 1.54) is 0 Å². The van der Waals surface area contributed by atoms with Crippen LogP contribution >= 0.6 is 15.9 Å². The number of aryl methyl sites for hydroxylation is 2. The highest BCUT2D eigenvalue weighted by atomic mass is 79.9. The Hall–Kier alpha value is -3.31. The molecule has 4 rings (SSSR count). The zero-order chi connectivity index (χ0) is 27.1. The van der Waals surface area contributed by atoms with Crippen molar-refractivity contribution in [1.82, 2.24) is 19.5 Å². The number of ether oxygens (including phenoxy) is 1. The SMILES string of the molecule is Cc1cnc(C(C)(C)O)nc1C1=NC[C@@H](C)C(n2c(C)cc(OCc3ncc(F)cc3F)c(Br)c2=O)=C1. The molecule has 1 aliphatic heterocycles. The molecule has 194 valence electrons. The molecule has 4 heterocycles. The maximum atomic E-state index is 14.0. The van der Waals surface area contributed by atoms with Gasteiger partial charge in [-0.25, -0.2) is 18.7 Å². The summed E-state index contributed by atoms with van der Waals surface area (Å²) in [6.07, 6.45) is 4.36. The zero-order valence-corrected chi connectivity index (χ0v) is 22.6. The van der Waals surface area contributed by atoms with Crippen LogP contribution in [0.5, 0.6) is 5.75 Å². The summed E-state index contributed by atoms with van der Waals surface area (Å²) in [6.45, 7) is 8.96. The molecule has 1 atom stereocenters. The van der Waals surface area contributed by atoms with Gasteiger partial charge in [0.05, 0.1) is 17.6 Å². The summed E-state index contributed by atoms with van der Waals surface area (Å²) < 4.78 is 34.5. The van der Waals surface area contributed by atoms with Crippen molar-refractivity contribution in [3.05, 3.63) is 85.5 Å². The number of rotatable bonds is 6. The van der Waals surface area contributed by atoms with Crippen LogP contribution in [0.4, 0.5) is 8.78 Å². The molecule has 37 heavy (non-hydrogen) atoms. The lowest BCUT2D eigenvalue weighted by atomic mass is 9.99. The number of nitrogens with zero attached hydrogens (tertiary/aromatic N) is 5. The van der Waals surface area contributed by atoms with Crippen LogP contribution in [-0.4, -0.2) is 36.9 Å². The van der Waals surface area contributed by atoms with E-state index in [1.54, 1.807) is 37.6 Å². The van der Waals surface area contributed by atoms with Crippen molar-refractivity contribution >= 4 is 27.3 Å². The minimum absolute atomic E-state index is 0.0766. The van der Waals surface area contributed by atoms with Gasteiger partial charge in [0.25, 0.3) is 5.56 Å². The number of dihydropyridines is 1. The Bertz CT molecular complexity index is 1490. The minimum Gasteiger partial charge on any atom is -0.486 e. The molecule has 0 amide bonds. The number of hydrogen-bond donors (Lipinski definition) is 1. The quantitative estimate of drug-likeness (QED) is 0.466. The van der Waals surface area contributed by atoms with E-state index in [9.17, 15) is 18.7 Å². The summed E-state index contributed by atoms with van der Waals surface area (Å²) in [7, 11) is 0. The Morgan fingerprint density at radius 3 is 2.62 bits per heavy atom. The summed E-state index contributed by atoms with van der Waals surface area (Å²) in [5.41, 5.74) is 1.59. The van der Waals surface area contributed by atoms with E-state index in [0.29, 0.717) is 29.3 Å². The topological polar surface area (TPSA) is 102 Å². The smallest absolute Gasteiger partial charge is 0.273 e. The molecule has 0 saturated heterocycles. The van der Waals surface area contributed by atoms with Gasteiger partial charge in [-0.15, -0.1) is 0 Å². The molecule has 1 N–H and O–H groups in total. The molecule has 0 fully saturated rings. The van der Waals surface area contributed by atoms with Gasteiger partial charge in [0, 0.05) is 42.2 Å². The minimum atomic E-state index is -1.22. The van der Waals surface area contributed by atoms with Crippen LogP contribution in [0.3, 0.4) is 0 Å². The largest absolute Gasteiger partial charge is 0.486 e. The molecule has 0 spiro atoms. The molecular weight excluding hydrogens is 548 g/mol. The van der Waals surface area contributed by atoms with E-state index in [-0.39, 0.29) is 39.8 Å². The van der Waals surface area contributed by atoms with Crippen molar-refractivity contribution in [1.29, 1.82) is 0 Å².